The van der Waals surface area contributed by atoms with Crippen molar-refractivity contribution in [1.29, 1.82) is 0 Å². The van der Waals surface area contributed by atoms with Crippen LogP contribution in [0, 0.1) is 5.41 Å². The molecule has 0 amide bonds. The van der Waals surface area contributed by atoms with E-state index in [9.17, 15) is 0 Å². The monoisotopic (exact) mass is 248 g/mol. The van der Waals surface area contributed by atoms with Gasteiger partial charge in [0.05, 0.1) is 0 Å². The largest absolute Gasteiger partial charge is 0.327 e. The van der Waals surface area contributed by atoms with Gasteiger partial charge >= 0.3 is 0 Å². The van der Waals surface area contributed by atoms with Gasteiger partial charge in [0.15, 0.2) is 0 Å². The lowest BCUT2D eigenvalue weighted by Gasteiger charge is -2.42. The van der Waals surface area contributed by atoms with Crippen LogP contribution in [0.4, 0.5) is 0 Å². The molecule has 2 unspecified atom stereocenters. The fourth-order valence-corrected chi connectivity index (χ4v) is 2.89. The smallest absolute Gasteiger partial charge is 0.0296 e. The summed E-state index contributed by atoms with van der Waals surface area (Å²) in [5.41, 5.74) is 7.76. The fourth-order valence-electron chi connectivity index (χ4n) is 2.89. The van der Waals surface area contributed by atoms with Gasteiger partial charge in [-0.25, -0.2) is 0 Å². The lowest BCUT2D eigenvalue weighted by molar-refractivity contribution is 0.0801. The van der Waals surface area contributed by atoms with Crippen LogP contribution < -0.4 is 5.73 Å². The van der Waals surface area contributed by atoms with Crippen molar-refractivity contribution < 1.29 is 0 Å². The number of likely N-dealkylation sites (N-methyl/N-ethyl adjacent to an activating group) is 1. The van der Waals surface area contributed by atoms with Gasteiger partial charge in [-0.15, -0.1) is 0 Å². The van der Waals surface area contributed by atoms with Crippen molar-refractivity contribution in [2.24, 2.45) is 11.1 Å². The second-order valence-electron chi connectivity index (χ2n) is 6.22. The Bertz CT molecular complexity index is 338. The lowest BCUT2D eigenvalue weighted by atomic mass is 9.81. The van der Waals surface area contributed by atoms with E-state index in [4.69, 9.17) is 5.73 Å². The van der Waals surface area contributed by atoms with Crippen LogP contribution in [0.2, 0.25) is 0 Å². The molecule has 1 rings (SSSR count). The number of nitrogens with two attached hydrogens (primary N) is 1. The second-order valence-corrected chi connectivity index (χ2v) is 6.22. The van der Waals surface area contributed by atoms with E-state index in [1.807, 2.05) is 0 Å². The first kappa shape index (κ1) is 15.2. The molecule has 2 atom stereocenters. The van der Waals surface area contributed by atoms with Crippen molar-refractivity contribution in [2.45, 2.75) is 53.2 Å². The Labute approximate surface area is 112 Å². The van der Waals surface area contributed by atoms with Gasteiger partial charge in [-0.1, -0.05) is 58.0 Å². The van der Waals surface area contributed by atoms with Crippen LogP contribution in [0.25, 0.3) is 0 Å². The van der Waals surface area contributed by atoms with Crippen molar-refractivity contribution in [3.05, 3.63) is 35.9 Å². The van der Waals surface area contributed by atoms with Crippen LogP contribution in [0.1, 0.15) is 40.2 Å². The Morgan fingerprint density at radius 1 is 1.17 bits per heavy atom. The van der Waals surface area contributed by atoms with E-state index in [1.165, 1.54) is 5.56 Å². The summed E-state index contributed by atoms with van der Waals surface area (Å²) in [6.45, 7) is 13.1. The van der Waals surface area contributed by atoms with Crippen LogP contribution >= 0.6 is 0 Å². The molecule has 0 aromatic heterocycles. The summed E-state index contributed by atoms with van der Waals surface area (Å²) in [6, 6.07) is 11.2. The zero-order chi connectivity index (χ0) is 13.8. The molecule has 1 aromatic rings. The molecule has 1 aromatic carbocycles. The van der Waals surface area contributed by atoms with E-state index in [0.29, 0.717) is 6.04 Å². The number of hydrogen-bond donors (Lipinski definition) is 1. The van der Waals surface area contributed by atoms with Gasteiger partial charge in [-0.05, 0) is 24.4 Å². The number of hydrogen-bond acceptors (Lipinski definition) is 2. The Kier molecular flexibility index (Phi) is 5.36. The molecule has 0 radical (unpaired) electrons. The molecule has 0 aliphatic carbocycles. The predicted molar refractivity (Wildman–Crippen MR) is 79.4 cm³/mol. The molecule has 18 heavy (non-hydrogen) atoms. The molecule has 0 heterocycles. The maximum Gasteiger partial charge on any atom is 0.0296 e. The van der Waals surface area contributed by atoms with Gasteiger partial charge in [0.1, 0.15) is 0 Å². The van der Waals surface area contributed by atoms with Crippen molar-refractivity contribution in [2.75, 3.05) is 6.54 Å². The zero-order valence-electron chi connectivity index (χ0n) is 12.5. The highest BCUT2D eigenvalue weighted by Crippen LogP contribution is 2.27. The first-order valence-corrected chi connectivity index (χ1v) is 6.89. The molecule has 2 N–H and O–H groups in total. The Morgan fingerprint density at radius 2 is 1.72 bits per heavy atom. The summed E-state index contributed by atoms with van der Waals surface area (Å²) in [4.78, 5) is 2.49. The minimum atomic E-state index is 0.175. The highest BCUT2D eigenvalue weighted by Gasteiger charge is 2.32. The van der Waals surface area contributed by atoms with E-state index in [1.54, 1.807) is 0 Å². The molecule has 0 fully saturated rings. The number of benzene rings is 1. The number of nitrogens with zero attached hydrogens (tertiary/aromatic N) is 1. The molecule has 0 saturated heterocycles. The molecule has 0 aliphatic heterocycles. The standard InChI is InChI=1S/C16H28N2/c1-6-18(12-14-10-8-7-9-11-14)15(13(2)17)16(3,4)5/h7-11,13,15H,6,12,17H2,1-5H3. The average Bonchev–Trinajstić information content (AvgIpc) is 2.27. The molecule has 2 heteroatoms. The van der Waals surface area contributed by atoms with E-state index < -0.39 is 0 Å². The first-order valence-electron chi connectivity index (χ1n) is 6.89. The van der Waals surface area contributed by atoms with Gasteiger partial charge in [0, 0.05) is 18.6 Å². The maximum absolute atomic E-state index is 6.21. The fraction of sp³-hybridized carbons (Fsp3) is 0.625. The molecule has 0 aliphatic rings. The third-order valence-electron chi connectivity index (χ3n) is 3.41. The topological polar surface area (TPSA) is 29.3 Å². The minimum Gasteiger partial charge on any atom is -0.327 e. The van der Waals surface area contributed by atoms with Gasteiger partial charge < -0.3 is 5.73 Å². The third-order valence-corrected chi connectivity index (χ3v) is 3.41. The summed E-state index contributed by atoms with van der Waals surface area (Å²) < 4.78 is 0. The molecule has 0 saturated carbocycles. The predicted octanol–water partition coefficient (Wildman–Crippen LogP) is 3.27. The third kappa shape index (κ3) is 4.11. The summed E-state index contributed by atoms with van der Waals surface area (Å²) in [5, 5.41) is 0. The summed E-state index contributed by atoms with van der Waals surface area (Å²) >= 11 is 0. The zero-order valence-corrected chi connectivity index (χ0v) is 12.5. The van der Waals surface area contributed by atoms with Crippen molar-refractivity contribution in [3.8, 4) is 0 Å². The quantitative estimate of drug-likeness (QED) is 0.866. The van der Waals surface area contributed by atoms with E-state index in [-0.39, 0.29) is 11.5 Å². The van der Waals surface area contributed by atoms with E-state index in [0.717, 1.165) is 13.1 Å². The van der Waals surface area contributed by atoms with E-state index in [2.05, 4.69) is 69.9 Å². The van der Waals surface area contributed by atoms with Gasteiger partial charge in [0.25, 0.3) is 0 Å². The Balaban J connectivity index is 2.87. The maximum atomic E-state index is 6.21. The molecule has 2 nitrogen and oxygen atoms in total. The van der Waals surface area contributed by atoms with Crippen molar-refractivity contribution >= 4 is 0 Å². The molecule has 102 valence electrons. The first-order chi connectivity index (χ1) is 8.36. The van der Waals surface area contributed by atoms with E-state index >= 15 is 0 Å². The second kappa shape index (κ2) is 6.35. The van der Waals surface area contributed by atoms with Crippen LogP contribution in [0.3, 0.4) is 0 Å². The Morgan fingerprint density at radius 3 is 2.11 bits per heavy atom. The summed E-state index contributed by atoms with van der Waals surface area (Å²) in [7, 11) is 0. The minimum absolute atomic E-state index is 0.175. The van der Waals surface area contributed by atoms with Crippen LogP contribution in [0.15, 0.2) is 30.3 Å². The van der Waals surface area contributed by atoms with Gasteiger partial charge in [0.2, 0.25) is 0 Å². The molecule has 0 spiro atoms. The Hall–Kier alpha value is -0.860. The normalized spacial score (nSPS) is 15.7. The summed E-state index contributed by atoms with van der Waals surface area (Å²) in [6.07, 6.45) is 0. The summed E-state index contributed by atoms with van der Waals surface area (Å²) in [5.74, 6) is 0. The highest BCUT2D eigenvalue weighted by molar-refractivity contribution is 5.14. The number of rotatable bonds is 5. The van der Waals surface area contributed by atoms with Gasteiger partial charge in [-0.2, -0.15) is 0 Å². The lowest BCUT2D eigenvalue weighted by Crippen LogP contribution is -2.53. The highest BCUT2D eigenvalue weighted by atomic mass is 15.2. The van der Waals surface area contributed by atoms with Crippen molar-refractivity contribution in [1.82, 2.24) is 4.90 Å². The SMILES string of the molecule is CCN(Cc1ccccc1)C(C(C)N)C(C)(C)C. The molecular weight excluding hydrogens is 220 g/mol. The molecule has 0 bridgehead atoms. The van der Waals surface area contributed by atoms with Crippen LogP contribution in [0.5, 0.6) is 0 Å². The van der Waals surface area contributed by atoms with Crippen LogP contribution in [-0.4, -0.2) is 23.5 Å². The molecular formula is C16H28N2. The van der Waals surface area contributed by atoms with Crippen LogP contribution in [-0.2, 0) is 6.54 Å². The average molecular weight is 248 g/mol. The van der Waals surface area contributed by atoms with Crippen molar-refractivity contribution in [3.63, 3.8) is 0 Å². The van der Waals surface area contributed by atoms with Gasteiger partial charge in [-0.3, -0.25) is 4.90 Å².